The highest BCUT2D eigenvalue weighted by molar-refractivity contribution is 6.58. The Morgan fingerprint density at radius 2 is 1.50 bits per heavy atom. The van der Waals surface area contributed by atoms with Crippen LogP contribution in [0.2, 0.25) is 18.1 Å². The van der Waals surface area contributed by atoms with E-state index in [1.54, 1.807) is 18.2 Å². The molecular formula is C23H21ClF2OSi. The Hall–Kier alpha value is -2.43. The van der Waals surface area contributed by atoms with Crippen molar-refractivity contribution in [1.29, 1.82) is 0 Å². The Morgan fingerprint density at radius 1 is 0.857 bits per heavy atom. The second kappa shape index (κ2) is 9.17. The monoisotopic (exact) mass is 414 g/mol. The summed E-state index contributed by atoms with van der Waals surface area (Å²) >= 11 is 5.85. The van der Waals surface area contributed by atoms with Gasteiger partial charge in [-0.25, -0.2) is 8.78 Å². The lowest BCUT2D eigenvalue weighted by molar-refractivity contribution is 0.481. The van der Waals surface area contributed by atoms with E-state index in [1.807, 2.05) is 61.6 Å². The molecule has 3 rings (SSSR count). The minimum atomic E-state index is -1.62. The normalized spacial score (nSPS) is 13.2. The van der Waals surface area contributed by atoms with Gasteiger partial charge in [0.2, 0.25) is 0 Å². The van der Waals surface area contributed by atoms with Crippen molar-refractivity contribution in [3.8, 4) is 11.5 Å². The van der Waals surface area contributed by atoms with Gasteiger partial charge in [0.15, 0.2) is 5.83 Å². The van der Waals surface area contributed by atoms with Crippen LogP contribution in [0, 0.1) is 0 Å². The van der Waals surface area contributed by atoms with Crippen LogP contribution < -0.4 is 4.74 Å². The van der Waals surface area contributed by atoms with Crippen LogP contribution in [-0.2, 0) is 0 Å². The average molecular weight is 415 g/mol. The van der Waals surface area contributed by atoms with Crippen LogP contribution in [0.25, 0.3) is 5.83 Å². The fraction of sp³-hybridized carbons (Fsp3) is 0.130. The van der Waals surface area contributed by atoms with E-state index in [4.69, 9.17) is 16.3 Å². The lowest BCUT2D eigenvalue weighted by Crippen LogP contribution is -2.17. The fourth-order valence-corrected chi connectivity index (χ4v) is 4.93. The van der Waals surface area contributed by atoms with Crippen molar-refractivity contribution < 1.29 is 13.5 Å². The molecule has 5 heteroatoms. The molecule has 28 heavy (non-hydrogen) atoms. The van der Waals surface area contributed by atoms with Crippen molar-refractivity contribution in [3.05, 3.63) is 101 Å². The first-order valence-corrected chi connectivity index (χ1v) is 12.4. The number of para-hydroxylation sites is 1. The van der Waals surface area contributed by atoms with Gasteiger partial charge in [-0.15, -0.1) is 0 Å². The standard InChI is InChI=1S/C23H21ClF2OSi/c1-28(2)23(22(26)21(25)16-11-13-18(24)14-12-16)17-7-6-10-20(15-17)27-19-8-4-3-5-9-19/h3-15,23,28H,1-2H3. The van der Waals surface area contributed by atoms with Gasteiger partial charge in [0.1, 0.15) is 17.3 Å². The maximum atomic E-state index is 15.2. The molecular weight excluding hydrogens is 394 g/mol. The Bertz CT molecular complexity index is 956. The third-order valence-electron chi connectivity index (χ3n) is 4.44. The Balaban J connectivity index is 1.94. The van der Waals surface area contributed by atoms with E-state index in [0.717, 1.165) is 5.56 Å². The summed E-state index contributed by atoms with van der Waals surface area (Å²) < 4.78 is 35.9. The average Bonchev–Trinajstić information content (AvgIpc) is 2.69. The molecule has 0 aliphatic carbocycles. The highest BCUT2D eigenvalue weighted by Gasteiger charge is 2.26. The molecule has 0 fully saturated rings. The highest BCUT2D eigenvalue weighted by atomic mass is 35.5. The lowest BCUT2D eigenvalue weighted by atomic mass is 10.1. The molecule has 0 radical (unpaired) electrons. The van der Waals surface area contributed by atoms with Crippen molar-refractivity contribution in [2.75, 3.05) is 0 Å². The van der Waals surface area contributed by atoms with Crippen molar-refractivity contribution in [3.63, 3.8) is 0 Å². The molecule has 1 nitrogen and oxygen atoms in total. The quantitative estimate of drug-likeness (QED) is 0.378. The summed E-state index contributed by atoms with van der Waals surface area (Å²) in [5, 5.41) is 0.484. The van der Waals surface area contributed by atoms with E-state index < -0.39 is 26.0 Å². The zero-order valence-corrected chi connectivity index (χ0v) is 17.6. The van der Waals surface area contributed by atoms with Crippen molar-refractivity contribution >= 4 is 26.2 Å². The lowest BCUT2D eigenvalue weighted by Gasteiger charge is -2.20. The first-order valence-electron chi connectivity index (χ1n) is 9.09. The maximum Gasteiger partial charge on any atom is 0.162 e. The van der Waals surface area contributed by atoms with Crippen LogP contribution in [-0.4, -0.2) is 8.80 Å². The van der Waals surface area contributed by atoms with Gasteiger partial charge >= 0.3 is 0 Å². The molecule has 0 aliphatic heterocycles. The number of allylic oxidation sites excluding steroid dienone is 1. The van der Waals surface area contributed by atoms with Gasteiger partial charge in [0.05, 0.1) is 0 Å². The first-order chi connectivity index (χ1) is 13.5. The summed E-state index contributed by atoms with van der Waals surface area (Å²) in [5.41, 5.74) is 0.324. The molecule has 0 amide bonds. The van der Waals surface area contributed by atoms with Gasteiger partial charge in [0, 0.05) is 24.9 Å². The number of ether oxygens (including phenoxy) is 1. The van der Waals surface area contributed by atoms with Crippen LogP contribution >= 0.6 is 11.6 Å². The SMILES string of the molecule is C[SiH](C)C(C(F)=C(F)c1ccc(Cl)cc1)c1cccc(Oc2ccccc2)c1. The zero-order valence-electron chi connectivity index (χ0n) is 15.7. The van der Waals surface area contributed by atoms with Crippen LogP contribution in [0.15, 0.2) is 84.7 Å². The predicted octanol–water partition coefficient (Wildman–Crippen LogP) is 7.55. The summed E-state index contributed by atoms with van der Waals surface area (Å²) in [4.78, 5) is 0. The summed E-state index contributed by atoms with van der Waals surface area (Å²) in [6.07, 6.45) is 0. The molecule has 3 aromatic carbocycles. The Kier molecular flexibility index (Phi) is 6.65. The summed E-state index contributed by atoms with van der Waals surface area (Å²) in [7, 11) is -1.62. The molecule has 0 aliphatic rings. The number of hydrogen-bond acceptors (Lipinski definition) is 1. The maximum absolute atomic E-state index is 15.2. The second-order valence-electron chi connectivity index (χ2n) is 6.88. The molecule has 3 aromatic rings. The van der Waals surface area contributed by atoms with Crippen molar-refractivity contribution in [1.82, 2.24) is 0 Å². The Morgan fingerprint density at radius 3 is 2.14 bits per heavy atom. The van der Waals surface area contributed by atoms with E-state index in [1.165, 1.54) is 12.1 Å². The van der Waals surface area contributed by atoms with Crippen LogP contribution in [0.4, 0.5) is 8.78 Å². The number of benzene rings is 3. The molecule has 144 valence electrons. The molecule has 1 unspecified atom stereocenters. The van der Waals surface area contributed by atoms with E-state index in [9.17, 15) is 4.39 Å². The minimum Gasteiger partial charge on any atom is -0.457 e. The number of halogens is 3. The third-order valence-corrected chi connectivity index (χ3v) is 6.71. The highest BCUT2D eigenvalue weighted by Crippen LogP contribution is 2.36. The van der Waals surface area contributed by atoms with E-state index in [2.05, 4.69) is 0 Å². The zero-order chi connectivity index (χ0) is 20.1. The van der Waals surface area contributed by atoms with Crippen molar-refractivity contribution in [2.45, 2.75) is 18.6 Å². The predicted molar refractivity (Wildman–Crippen MR) is 115 cm³/mol. The second-order valence-corrected chi connectivity index (χ2v) is 10.5. The Labute approximate surface area is 170 Å². The molecule has 0 spiro atoms. The molecule has 0 heterocycles. The first kappa shape index (κ1) is 20.3. The summed E-state index contributed by atoms with van der Waals surface area (Å²) in [6, 6.07) is 22.7. The van der Waals surface area contributed by atoms with E-state index in [-0.39, 0.29) is 5.56 Å². The van der Waals surface area contributed by atoms with Gasteiger partial charge in [0.25, 0.3) is 0 Å². The third kappa shape index (κ3) is 4.88. The minimum absolute atomic E-state index is 0.193. The van der Waals surface area contributed by atoms with Crippen LogP contribution in [0.3, 0.4) is 0 Å². The van der Waals surface area contributed by atoms with Crippen molar-refractivity contribution in [2.24, 2.45) is 0 Å². The van der Waals surface area contributed by atoms with Gasteiger partial charge in [-0.2, -0.15) is 0 Å². The van der Waals surface area contributed by atoms with Gasteiger partial charge in [-0.3, -0.25) is 0 Å². The molecule has 0 aromatic heterocycles. The molecule has 0 saturated carbocycles. The fourth-order valence-electron chi connectivity index (χ4n) is 3.09. The summed E-state index contributed by atoms with van der Waals surface area (Å²) in [6.45, 7) is 4.01. The summed E-state index contributed by atoms with van der Waals surface area (Å²) in [5.74, 6) is -0.275. The molecule has 0 bridgehead atoms. The number of rotatable bonds is 6. The van der Waals surface area contributed by atoms with Crippen LogP contribution in [0.1, 0.15) is 16.7 Å². The topological polar surface area (TPSA) is 9.23 Å². The largest absolute Gasteiger partial charge is 0.457 e. The van der Waals surface area contributed by atoms with Crippen LogP contribution in [0.5, 0.6) is 11.5 Å². The molecule has 0 N–H and O–H groups in total. The van der Waals surface area contributed by atoms with Gasteiger partial charge in [-0.05, 0) is 42.0 Å². The molecule has 0 saturated heterocycles. The number of hydrogen-bond donors (Lipinski definition) is 0. The smallest absolute Gasteiger partial charge is 0.162 e. The van der Waals surface area contributed by atoms with Gasteiger partial charge in [-0.1, -0.05) is 67.2 Å². The van der Waals surface area contributed by atoms with E-state index >= 15 is 4.39 Å². The van der Waals surface area contributed by atoms with E-state index in [0.29, 0.717) is 16.5 Å². The molecule has 1 atom stereocenters. The van der Waals surface area contributed by atoms with Gasteiger partial charge < -0.3 is 4.74 Å².